The summed E-state index contributed by atoms with van der Waals surface area (Å²) in [7, 11) is -3.15. The van der Waals surface area contributed by atoms with Gasteiger partial charge in [0.25, 0.3) is 0 Å². The van der Waals surface area contributed by atoms with Gasteiger partial charge < -0.3 is 10.2 Å². The zero-order valence-corrected chi connectivity index (χ0v) is 12.5. The zero-order valence-electron chi connectivity index (χ0n) is 11.7. The van der Waals surface area contributed by atoms with Crippen molar-refractivity contribution < 1.29 is 18.0 Å². The number of amides is 2. The Morgan fingerprint density at radius 2 is 1.95 bits per heavy atom. The monoisotopic (exact) mass is 290 g/mol. The molecule has 6 nitrogen and oxygen atoms in total. The largest absolute Gasteiger partial charge is 0.345 e. The molecule has 1 saturated heterocycles. The van der Waals surface area contributed by atoms with Crippen molar-refractivity contribution in [2.24, 2.45) is 5.92 Å². The number of carbonyl (C=O) groups excluding carboxylic acids is 2. The van der Waals surface area contributed by atoms with Crippen LogP contribution >= 0.6 is 0 Å². The first kappa shape index (κ1) is 15.9. The van der Waals surface area contributed by atoms with Gasteiger partial charge >= 0.3 is 0 Å². The molecule has 0 aromatic heterocycles. The minimum Gasteiger partial charge on any atom is -0.345 e. The molecule has 19 heavy (non-hydrogen) atoms. The minimum atomic E-state index is -3.15. The van der Waals surface area contributed by atoms with Crippen molar-refractivity contribution >= 4 is 21.7 Å². The van der Waals surface area contributed by atoms with E-state index in [4.69, 9.17) is 0 Å². The number of nitrogens with zero attached hydrogens (tertiary/aromatic N) is 1. The van der Waals surface area contributed by atoms with Crippen LogP contribution in [0, 0.1) is 5.92 Å². The molecular formula is C12H22N2O4S. The van der Waals surface area contributed by atoms with Crippen molar-refractivity contribution in [1.82, 2.24) is 10.2 Å². The lowest BCUT2D eigenvalue weighted by atomic mass is 9.99. The molecule has 0 aliphatic carbocycles. The van der Waals surface area contributed by atoms with Crippen LogP contribution in [0.5, 0.6) is 0 Å². The van der Waals surface area contributed by atoms with Crippen LogP contribution in [-0.4, -0.2) is 55.8 Å². The van der Waals surface area contributed by atoms with Gasteiger partial charge in [0.2, 0.25) is 11.8 Å². The lowest BCUT2D eigenvalue weighted by Gasteiger charge is -2.37. The fourth-order valence-corrected chi connectivity index (χ4v) is 3.54. The van der Waals surface area contributed by atoms with E-state index in [1.165, 1.54) is 4.90 Å². The van der Waals surface area contributed by atoms with Gasteiger partial charge in [-0.1, -0.05) is 20.8 Å². The third-order valence-corrected chi connectivity index (χ3v) is 4.96. The van der Waals surface area contributed by atoms with Crippen molar-refractivity contribution in [2.45, 2.75) is 33.2 Å². The topological polar surface area (TPSA) is 83.6 Å². The molecule has 0 aromatic carbocycles. The molecule has 7 heteroatoms. The summed E-state index contributed by atoms with van der Waals surface area (Å²) >= 11 is 0. The van der Waals surface area contributed by atoms with Gasteiger partial charge in [0, 0.05) is 12.3 Å². The van der Waals surface area contributed by atoms with Crippen LogP contribution in [0.15, 0.2) is 0 Å². The highest BCUT2D eigenvalue weighted by atomic mass is 32.2. The third kappa shape index (κ3) is 4.19. The quantitative estimate of drug-likeness (QED) is 0.734. The van der Waals surface area contributed by atoms with Crippen LogP contribution in [0.3, 0.4) is 0 Å². The number of carbonyl (C=O) groups is 2. The summed E-state index contributed by atoms with van der Waals surface area (Å²) in [5.41, 5.74) is 0. The summed E-state index contributed by atoms with van der Waals surface area (Å²) in [4.78, 5) is 25.0. The second-order valence-electron chi connectivity index (χ2n) is 5.15. The number of hydrogen-bond donors (Lipinski definition) is 1. The van der Waals surface area contributed by atoms with Crippen molar-refractivity contribution in [3.8, 4) is 0 Å². The summed E-state index contributed by atoms with van der Waals surface area (Å²) in [5, 5.41) is 2.54. The average Bonchev–Trinajstić information content (AvgIpc) is 2.29. The summed E-state index contributed by atoms with van der Waals surface area (Å²) in [6, 6.07) is -0.571. The second-order valence-corrected chi connectivity index (χ2v) is 7.45. The summed E-state index contributed by atoms with van der Waals surface area (Å²) < 4.78 is 23.4. The molecule has 1 unspecified atom stereocenters. The molecule has 0 saturated carbocycles. The highest BCUT2D eigenvalue weighted by Gasteiger charge is 2.36. The summed E-state index contributed by atoms with van der Waals surface area (Å²) in [6.45, 7) is 5.54. The lowest BCUT2D eigenvalue weighted by Crippen LogP contribution is -2.61. The maximum Gasteiger partial charge on any atom is 0.243 e. The van der Waals surface area contributed by atoms with E-state index in [0.717, 1.165) is 0 Å². The SMILES string of the molecule is CCCS(=O)(=O)CCN1C(=O)CNC(=O)C1C(C)C. The van der Waals surface area contributed by atoms with Gasteiger partial charge in [-0.25, -0.2) is 8.42 Å². The Balaban J connectivity index is 2.77. The molecule has 1 atom stereocenters. The maximum absolute atomic E-state index is 11.8. The van der Waals surface area contributed by atoms with Gasteiger partial charge in [-0.3, -0.25) is 9.59 Å². The Labute approximate surface area is 114 Å². The Bertz CT molecular complexity index is 445. The molecule has 1 aliphatic heterocycles. The van der Waals surface area contributed by atoms with E-state index in [9.17, 15) is 18.0 Å². The number of rotatable bonds is 6. The first-order chi connectivity index (χ1) is 8.78. The molecule has 1 heterocycles. The summed E-state index contributed by atoms with van der Waals surface area (Å²) in [6.07, 6.45) is 0.560. The molecule has 0 radical (unpaired) electrons. The molecular weight excluding hydrogens is 268 g/mol. The highest BCUT2D eigenvalue weighted by Crippen LogP contribution is 2.15. The van der Waals surface area contributed by atoms with E-state index in [1.54, 1.807) is 6.92 Å². The van der Waals surface area contributed by atoms with E-state index >= 15 is 0 Å². The average molecular weight is 290 g/mol. The Morgan fingerprint density at radius 1 is 1.32 bits per heavy atom. The third-order valence-electron chi connectivity index (χ3n) is 3.13. The molecule has 110 valence electrons. The van der Waals surface area contributed by atoms with E-state index in [-0.39, 0.29) is 42.3 Å². The maximum atomic E-state index is 11.8. The first-order valence-electron chi connectivity index (χ1n) is 6.56. The fourth-order valence-electron chi connectivity index (χ4n) is 2.24. The Hall–Kier alpha value is -1.11. The first-order valence-corrected chi connectivity index (χ1v) is 8.38. The molecule has 2 amide bonds. The van der Waals surface area contributed by atoms with E-state index in [2.05, 4.69) is 5.32 Å². The number of sulfone groups is 1. The Morgan fingerprint density at radius 3 is 2.47 bits per heavy atom. The van der Waals surface area contributed by atoms with Crippen molar-refractivity contribution in [2.75, 3.05) is 24.6 Å². The number of hydrogen-bond acceptors (Lipinski definition) is 4. The Kier molecular flexibility index (Phi) is 5.34. The number of nitrogens with one attached hydrogen (secondary N) is 1. The number of piperazine rings is 1. The van der Waals surface area contributed by atoms with Crippen molar-refractivity contribution in [1.29, 1.82) is 0 Å². The molecule has 1 aliphatic rings. The zero-order chi connectivity index (χ0) is 14.6. The van der Waals surface area contributed by atoms with Crippen molar-refractivity contribution in [3.05, 3.63) is 0 Å². The predicted octanol–water partition coefficient (Wildman–Crippen LogP) is -0.206. The van der Waals surface area contributed by atoms with Crippen LogP contribution < -0.4 is 5.32 Å². The van der Waals surface area contributed by atoms with E-state index < -0.39 is 15.9 Å². The normalized spacial score (nSPS) is 20.8. The molecule has 1 N–H and O–H groups in total. The van der Waals surface area contributed by atoms with Crippen LogP contribution in [0.2, 0.25) is 0 Å². The summed E-state index contributed by atoms with van der Waals surface area (Å²) in [5.74, 6) is -0.429. The molecule has 0 spiro atoms. The smallest absolute Gasteiger partial charge is 0.243 e. The van der Waals surface area contributed by atoms with Crippen LogP contribution in [0.4, 0.5) is 0 Å². The van der Waals surface area contributed by atoms with E-state index in [1.807, 2.05) is 13.8 Å². The highest BCUT2D eigenvalue weighted by molar-refractivity contribution is 7.91. The van der Waals surface area contributed by atoms with Crippen molar-refractivity contribution in [3.63, 3.8) is 0 Å². The van der Waals surface area contributed by atoms with Crippen LogP contribution in [-0.2, 0) is 19.4 Å². The van der Waals surface area contributed by atoms with E-state index in [0.29, 0.717) is 6.42 Å². The molecule has 1 rings (SSSR count). The van der Waals surface area contributed by atoms with Gasteiger partial charge in [0.15, 0.2) is 9.84 Å². The lowest BCUT2D eigenvalue weighted by molar-refractivity contribution is -0.147. The van der Waals surface area contributed by atoms with Crippen LogP contribution in [0.1, 0.15) is 27.2 Å². The minimum absolute atomic E-state index is 0.0434. The second kappa shape index (κ2) is 6.36. The van der Waals surface area contributed by atoms with Gasteiger partial charge in [0.1, 0.15) is 6.04 Å². The van der Waals surface area contributed by atoms with Crippen LogP contribution in [0.25, 0.3) is 0 Å². The van der Waals surface area contributed by atoms with Gasteiger partial charge in [-0.05, 0) is 12.3 Å². The van der Waals surface area contributed by atoms with Gasteiger partial charge in [0.05, 0.1) is 12.3 Å². The predicted molar refractivity (Wildman–Crippen MR) is 72.3 cm³/mol. The van der Waals surface area contributed by atoms with Gasteiger partial charge in [-0.15, -0.1) is 0 Å². The standard InChI is InChI=1S/C12H22N2O4S/c1-4-6-19(17,18)7-5-14-10(15)8-13-12(16)11(14)9(2)3/h9,11H,4-8H2,1-3H3,(H,13,16). The molecule has 0 bridgehead atoms. The van der Waals surface area contributed by atoms with Gasteiger partial charge in [-0.2, -0.15) is 0 Å². The molecule has 1 fully saturated rings. The fraction of sp³-hybridized carbons (Fsp3) is 0.833. The molecule has 0 aromatic rings.